The molecule has 0 aliphatic heterocycles. The van der Waals surface area contributed by atoms with Crippen LogP contribution >= 0.6 is 0 Å². The topological polar surface area (TPSA) is 121 Å². The zero-order valence-corrected chi connectivity index (χ0v) is 22.5. The highest BCUT2D eigenvalue weighted by molar-refractivity contribution is 6.08. The van der Waals surface area contributed by atoms with E-state index in [1.54, 1.807) is 13.1 Å². The van der Waals surface area contributed by atoms with Crippen LogP contribution < -0.4 is 15.8 Å². The van der Waals surface area contributed by atoms with Crippen LogP contribution in [0.15, 0.2) is 67.1 Å². The van der Waals surface area contributed by atoms with E-state index in [2.05, 4.69) is 31.8 Å². The Balaban J connectivity index is 1.64. The molecule has 9 heteroatoms. The second-order valence-electron chi connectivity index (χ2n) is 9.49. The first-order chi connectivity index (χ1) is 18.7. The third-order valence-electron chi connectivity index (χ3n) is 6.80. The lowest BCUT2D eigenvalue weighted by molar-refractivity contribution is -0.112. The van der Waals surface area contributed by atoms with Crippen molar-refractivity contribution in [3.8, 4) is 34.1 Å². The molecule has 9 nitrogen and oxygen atoms in total. The van der Waals surface area contributed by atoms with Gasteiger partial charge in [-0.15, -0.1) is 0 Å². The third kappa shape index (κ3) is 4.70. The smallest absolute Gasteiger partial charge is 0.322 e. The zero-order chi connectivity index (χ0) is 27.8. The van der Waals surface area contributed by atoms with Crippen LogP contribution in [-0.4, -0.2) is 30.4 Å². The maximum absolute atomic E-state index is 12.3. The van der Waals surface area contributed by atoms with Crippen molar-refractivity contribution >= 4 is 28.4 Å². The molecule has 0 aliphatic carbocycles. The number of benzene rings is 2. The van der Waals surface area contributed by atoms with Crippen molar-refractivity contribution in [2.45, 2.75) is 27.7 Å². The number of amides is 1. The highest BCUT2D eigenvalue weighted by atomic mass is 16.5. The van der Waals surface area contributed by atoms with Gasteiger partial charge >= 0.3 is 6.01 Å². The number of rotatable bonds is 6. The van der Waals surface area contributed by atoms with E-state index in [0.29, 0.717) is 17.1 Å². The van der Waals surface area contributed by atoms with Gasteiger partial charge in [0.2, 0.25) is 0 Å². The van der Waals surface area contributed by atoms with E-state index in [1.165, 1.54) is 6.33 Å². The summed E-state index contributed by atoms with van der Waals surface area (Å²) < 4.78 is 7.89. The number of anilines is 2. The number of hydrogen-bond acceptors (Lipinski definition) is 7. The first-order valence-corrected chi connectivity index (χ1v) is 12.4. The second kappa shape index (κ2) is 10.0. The summed E-state index contributed by atoms with van der Waals surface area (Å²) in [6, 6.07) is 13.7. The van der Waals surface area contributed by atoms with Gasteiger partial charge in [-0.1, -0.05) is 24.8 Å². The molecule has 3 N–H and O–H groups in total. The summed E-state index contributed by atoms with van der Waals surface area (Å²) in [5.41, 5.74) is 14.9. The van der Waals surface area contributed by atoms with Crippen molar-refractivity contribution in [2.75, 3.05) is 11.1 Å². The molecule has 5 rings (SSSR count). The van der Waals surface area contributed by atoms with Crippen molar-refractivity contribution in [3.05, 3.63) is 84.0 Å². The fourth-order valence-corrected chi connectivity index (χ4v) is 4.58. The summed E-state index contributed by atoms with van der Waals surface area (Å²) >= 11 is 0. The molecule has 3 aromatic heterocycles. The van der Waals surface area contributed by atoms with Crippen LogP contribution in [0.2, 0.25) is 0 Å². The number of aromatic nitrogens is 5. The maximum Gasteiger partial charge on any atom is 0.322 e. The molecule has 0 radical (unpaired) electrons. The Kier molecular flexibility index (Phi) is 6.57. The predicted molar refractivity (Wildman–Crippen MR) is 154 cm³/mol. The fraction of sp³-hybridized carbons (Fsp3) is 0.167. The number of nitrogens with zero attached hydrogens (tertiary/aromatic N) is 5. The average molecular weight is 520 g/mol. The molecule has 0 spiro atoms. The van der Waals surface area contributed by atoms with Gasteiger partial charge in [-0.3, -0.25) is 4.79 Å². The molecular formula is C30H29N7O2. The van der Waals surface area contributed by atoms with Crippen molar-refractivity contribution < 1.29 is 9.53 Å². The van der Waals surface area contributed by atoms with Gasteiger partial charge in [0.05, 0.1) is 11.1 Å². The maximum atomic E-state index is 12.3. The van der Waals surface area contributed by atoms with Gasteiger partial charge in [0, 0.05) is 41.3 Å². The Hall–Kier alpha value is -5.05. The standard InChI is InChI=1S/C30H29N7O2/c1-16(2)29(38)36-23-12-11-22(18(4)19(23)5)26-24(25-27(31)33-15-34-28(25)37(26)6)20-7-9-21(10-8-20)39-30-32-14-13-17(3)35-30/h7-15H,1H2,2-6H3,(H,36,38)(H2,31,33,34). The minimum atomic E-state index is -0.211. The predicted octanol–water partition coefficient (Wildman–Crippen LogP) is 5.91. The van der Waals surface area contributed by atoms with E-state index in [-0.39, 0.29) is 11.9 Å². The van der Waals surface area contributed by atoms with Crippen molar-refractivity contribution in [1.82, 2.24) is 24.5 Å². The summed E-state index contributed by atoms with van der Waals surface area (Å²) in [5, 5.41) is 3.71. The summed E-state index contributed by atoms with van der Waals surface area (Å²) in [6.45, 7) is 11.3. The summed E-state index contributed by atoms with van der Waals surface area (Å²) in [7, 11) is 1.96. The third-order valence-corrected chi connectivity index (χ3v) is 6.80. The van der Waals surface area contributed by atoms with Gasteiger partial charge in [0.15, 0.2) is 0 Å². The molecule has 39 heavy (non-hydrogen) atoms. The number of carbonyl (C=O) groups excluding carboxylic acids is 1. The second-order valence-corrected chi connectivity index (χ2v) is 9.49. The minimum Gasteiger partial charge on any atom is -0.424 e. The highest BCUT2D eigenvalue weighted by Gasteiger charge is 2.24. The van der Waals surface area contributed by atoms with Gasteiger partial charge in [-0.2, -0.15) is 0 Å². The number of carbonyl (C=O) groups is 1. The number of fused-ring (bicyclic) bond motifs is 1. The summed E-state index contributed by atoms with van der Waals surface area (Å²) in [4.78, 5) is 29.6. The van der Waals surface area contributed by atoms with E-state index in [4.69, 9.17) is 10.5 Å². The largest absolute Gasteiger partial charge is 0.424 e. The van der Waals surface area contributed by atoms with Gasteiger partial charge in [-0.05, 0) is 68.7 Å². The molecule has 1 amide bonds. The molecule has 0 saturated heterocycles. The number of nitrogen functional groups attached to an aromatic ring is 1. The van der Waals surface area contributed by atoms with E-state index >= 15 is 0 Å². The van der Waals surface area contributed by atoms with Gasteiger partial charge in [0.1, 0.15) is 23.5 Å². The van der Waals surface area contributed by atoms with E-state index in [9.17, 15) is 4.79 Å². The van der Waals surface area contributed by atoms with Gasteiger partial charge in [-0.25, -0.2) is 19.9 Å². The molecule has 0 bridgehead atoms. The molecule has 0 fully saturated rings. The van der Waals surface area contributed by atoms with Crippen LogP contribution in [0.3, 0.4) is 0 Å². The number of nitrogens with two attached hydrogens (primary N) is 1. The molecular weight excluding hydrogens is 490 g/mol. The molecule has 0 aliphatic rings. The summed E-state index contributed by atoms with van der Waals surface area (Å²) in [6.07, 6.45) is 3.13. The fourth-order valence-electron chi connectivity index (χ4n) is 4.58. The van der Waals surface area contributed by atoms with E-state index in [0.717, 1.165) is 55.9 Å². The first kappa shape index (κ1) is 25.6. The van der Waals surface area contributed by atoms with Crippen molar-refractivity contribution in [1.29, 1.82) is 0 Å². The van der Waals surface area contributed by atoms with Crippen LogP contribution in [0.25, 0.3) is 33.4 Å². The highest BCUT2D eigenvalue weighted by Crippen LogP contribution is 2.44. The molecule has 0 saturated carbocycles. The Labute approximate surface area is 226 Å². The number of hydrogen-bond donors (Lipinski definition) is 2. The van der Waals surface area contributed by atoms with Crippen LogP contribution in [0.1, 0.15) is 23.7 Å². The minimum absolute atomic E-state index is 0.211. The monoisotopic (exact) mass is 519 g/mol. The van der Waals surface area contributed by atoms with E-state index in [1.807, 2.05) is 74.9 Å². The molecule has 0 unspecified atom stereocenters. The van der Waals surface area contributed by atoms with E-state index < -0.39 is 0 Å². The van der Waals surface area contributed by atoms with Crippen molar-refractivity contribution in [2.24, 2.45) is 7.05 Å². The van der Waals surface area contributed by atoms with Crippen LogP contribution in [-0.2, 0) is 11.8 Å². The van der Waals surface area contributed by atoms with Crippen LogP contribution in [0, 0.1) is 20.8 Å². The lowest BCUT2D eigenvalue weighted by Gasteiger charge is -2.17. The molecule has 196 valence electrons. The van der Waals surface area contributed by atoms with Gasteiger partial charge in [0.25, 0.3) is 5.91 Å². The van der Waals surface area contributed by atoms with Crippen LogP contribution in [0.4, 0.5) is 11.5 Å². The zero-order valence-electron chi connectivity index (χ0n) is 22.5. The normalized spacial score (nSPS) is 11.0. The molecule has 2 aromatic carbocycles. The molecule has 5 aromatic rings. The SMILES string of the molecule is C=C(C)C(=O)Nc1ccc(-c2c(-c3ccc(Oc4nccc(C)n4)cc3)c3c(N)ncnc3n2C)c(C)c1C. The Morgan fingerprint density at radius 2 is 1.74 bits per heavy atom. The lowest BCUT2D eigenvalue weighted by Crippen LogP contribution is -2.13. The first-order valence-electron chi connectivity index (χ1n) is 12.4. The number of nitrogens with one attached hydrogen (secondary N) is 1. The Bertz CT molecular complexity index is 1750. The lowest BCUT2D eigenvalue weighted by atomic mass is 9.93. The van der Waals surface area contributed by atoms with Crippen molar-refractivity contribution in [3.63, 3.8) is 0 Å². The average Bonchev–Trinajstić information content (AvgIpc) is 3.20. The summed E-state index contributed by atoms with van der Waals surface area (Å²) in [5.74, 6) is 0.794. The molecule has 0 atom stereocenters. The molecule has 3 heterocycles. The number of aryl methyl sites for hydroxylation is 2. The Morgan fingerprint density at radius 1 is 1.00 bits per heavy atom. The number of ether oxygens (including phenoxy) is 1. The quantitative estimate of drug-likeness (QED) is 0.268. The van der Waals surface area contributed by atoms with Gasteiger partial charge < -0.3 is 20.4 Å². The Morgan fingerprint density at radius 3 is 2.44 bits per heavy atom. The van der Waals surface area contributed by atoms with Crippen LogP contribution in [0.5, 0.6) is 11.8 Å².